The van der Waals surface area contributed by atoms with E-state index in [4.69, 9.17) is 16.5 Å². The number of fused-ring (bicyclic) bond motifs is 5. The third kappa shape index (κ3) is 2.29. The highest BCUT2D eigenvalue weighted by molar-refractivity contribution is 6.13. The van der Waals surface area contributed by atoms with Crippen molar-refractivity contribution >= 4 is 17.5 Å². The summed E-state index contributed by atoms with van der Waals surface area (Å²) in [6.07, 6.45) is 1.81. The fourth-order valence-electron chi connectivity index (χ4n) is 4.17. The molecule has 1 N–H and O–H groups in total. The Kier molecular flexibility index (Phi) is 3.52. The first-order valence-electron chi connectivity index (χ1n) is 8.54. The first-order chi connectivity index (χ1) is 12.2. The Balaban J connectivity index is 1.75. The molecule has 1 aromatic heterocycles. The monoisotopic (exact) mass is 357 g/mol. The number of pyridine rings is 1. The summed E-state index contributed by atoms with van der Waals surface area (Å²) >= 11 is 6.43. The van der Waals surface area contributed by atoms with Crippen molar-refractivity contribution in [1.82, 2.24) is 19.8 Å². The molecule has 2 atom stereocenters. The van der Waals surface area contributed by atoms with Crippen LogP contribution in [0.1, 0.15) is 23.0 Å². The predicted molar refractivity (Wildman–Crippen MR) is 95.5 cm³/mol. The number of ether oxygens (including phenoxy) is 1. The second-order valence-electron chi connectivity index (χ2n) is 6.87. The molecule has 1 aromatic carbocycles. The maximum Gasteiger partial charge on any atom is 0.162 e. The van der Waals surface area contributed by atoms with Gasteiger partial charge >= 0.3 is 0 Å². The maximum absolute atomic E-state index is 6.43. The van der Waals surface area contributed by atoms with Gasteiger partial charge in [-0.05, 0) is 42.5 Å². The van der Waals surface area contributed by atoms with Crippen molar-refractivity contribution in [2.45, 2.75) is 18.8 Å². The van der Waals surface area contributed by atoms with Gasteiger partial charge in [-0.25, -0.2) is 5.43 Å². The van der Waals surface area contributed by atoms with Crippen LogP contribution < -0.4 is 10.3 Å². The Morgan fingerprint density at radius 2 is 2.24 bits per heavy atom. The van der Waals surface area contributed by atoms with Gasteiger partial charge in [0.2, 0.25) is 0 Å². The van der Waals surface area contributed by atoms with Gasteiger partial charge in [0.05, 0.1) is 12.3 Å². The predicted octanol–water partition coefficient (Wildman–Crippen LogP) is 2.33. The average Bonchev–Trinajstić information content (AvgIpc) is 3.18. The Hall–Kier alpha value is -1.70. The largest absolute Gasteiger partial charge is 0.357 e. The second-order valence-corrected chi connectivity index (χ2v) is 7.28. The van der Waals surface area contributed by atoms with E-state index in [2.05, 4.69) is 51.4 Å². The number of anilines is 1. The van der Waals surface area contributed by atoms with E-state index in [9.17, 15) is 0 Å². The number of hydrogen-bond acceptors (Lipinski definition) is 6. The molecule has 0 amide bonds. The molecule has 25 heavy (non-hydrogen) atoms. The lowest BCUT2D eigenvalue weighted by atomic mass is 10.0. The number of nitrogens with one attached hydrogen (secondary N) is 1. The van der Waals surface area contributed by atoms with Crippen LogP contribution in [0.2, 0.25) is 0 Å². The van der Waals surface area contributed by atoms with Crippen LogP contribution in [0, 0.1) is 6.92 Å². The zero-order valence-electron chi connectivity index (χ0n) is 14.0. The maximum atomic E-state index is 6.43. The Morgan fingerprint density at radius 1 is 1.32 bits per heavy atom. The average molecular weight is 358 g/mol. The highest BCUT2D eigenvalue weighted by Gasteiger charge is 2.53. The first kappa shape index (κ1) is 15.5. The number of hydrogen-bond donors (Lipinski definition) is 1. The van der Waals surface area contributed by atoms with E-state index < -0.39 is 5.66 Å². The minimum atomic E-state index is -0.520. The summed E-state index contributed by atoms with van der Waals surface area (Å²) in [4.78, 5) is 9.34. The molecule has 0 bridgehead atoms. The quantitative estimate of drug-likeness (QED) is 0.790. The van der Waals surface area contributed by atoms with Gasteiger partial charge in [0.25, 0.3) is 0 Å². The van der Waals surface area contributed by atoms with E-state index in [0.717, 1.165) is 31.1 Å². The lowest BCUT2D eigenvalue weighted by Crippen LogP contribution is -2.56. The number of aromatic nitrogens is 1. The number of rotatable bonds is 1. The number of nitrogens with zero attached hydrogens (tertiary/aromatic N) is 4. The molecule has 130 valence electrons. The fraction of sp³-hybridized carbons (Fsp3) is 0.389. The molecule has 6 nitrogen and oxygen atoms in total. The Bertz CT molecular complexity index is 803. The van der Waals surface area contributed by atoms with Crippen LogP contribution in [-0.2, 0) is 10.4 Å². The van der Waals surface area contributed by atoms with Crippen LogP contribution in [0.15, 0.2) is 42.6 Å². The fourth-order valence-corrected chi connectivity index (χ4v) is 4.42. The van der Waals surface area contributed by atoms with Gasteiger partial charge in [-0.15, -0.1) is 4.53 Å². The third-order valence-corrected chi connectivity index (χ3v) is 5.47. The molecule has 0 spiro atoms. The van der Waals surface area contributed by atoms with Gasteiger partial charge < -0.3 is 9.64 Å². The summed E-state index contributed by atoms with van der Waals surface area (Å²) < 4.78 is 7.70. The van der Waals surface area contributed by atoms with Gasteiger partial charge in [0, 0.05) is 30.5 Å². The summed E-state index contributed by atoms with van der Waals surface area (Å²) in [5.74, 6) is 0. The summed E-state index contributed by atoms with van der Waals surface area (Å²) in [5, 5.41) is 0. The van der Waals surface area contributed by atoms with Crippen molar-refractivity contribution in [3.8, 4) is 0 Å². The number of halogens is 1. The normalized spacial score (nSPS) is 29.2. The molecule has 2 saturated heterocycles. The zero-order valence-corrected chi connectivity index (χ0v) is 14.8. The summed E-state index contributed by atoms with van der Waals surface area (Å²) in [6, 6.07) is 12.6. The van der Waals surface area contributed by atoms with Crippen molar-refractivity contribution in [1.29, 1.82) is 0 Å². The van der Waals surface area contributed by atoms with Crippen molar-refractivity contribution in [3.05, 3.63) is 59.4 Å². The standard InChI is InChI=1S/C18H20ClN5O/c1-13-5-6-14-15(10-13)23-12-24(19)21-18(23,16-4-2-3-7-20-16)11-22-8-9-25-17(14)22/h2-7,10,17,21H,8-9,11-12H2,1H3. The van der Waals surface area contributed by atoms with Crippen molar-refractivity contribution in [2.75, 3.05) is 31.3 Å². The van der Waals surface area contributed by atoms with Crippen LogP contribution in [0.5, 0.6) is 0 Å². The lowest BCUT2D eigenvalue weighted by molar-refractivity contribution is 0.0221. The van der Waals surface area contributed by atoms with Crippen LogP contribution in [0.3, 0.4) is 0 Å². The van der Waals surface area contributed by atoms with Gasteiger partial charge in [0.15, 0.2) is 5.66 Å². The molecule has 0 radical (unpaired) electrons. The number of benzene rings is 1. The number of hydrazine groups is 1. The van der Waals surface area contributed by atoms with Gasteiger partial charge in [-0.3, -0.25) is 9.88 Å². The molecule has 0 aliphatic carbocycles. The van der Waals surface area contributed by atoms with E-state index in [0.29, 0.717) is 6.67 Å². The smallest absolute Gasteiger partial charge is 0.162 e. The van der Waals surface area contributed by atoms with Gasteiger partial charge in [-0.2, -0.15) is 0 Å². The molecular weight excluding hydrogens is 338 g/mol. The van der Waals surface area contributed by atoms with Crippen molar-refractivity contribution in [2.24, 2.45) is 0 Å². The third-order valence-electron chi connectivity index (χ3n) is 5.28. The lowest BCUT2D eigenvalue weighted by Gasteiger charge is -2.38. The van der Waals surface area contributed by atoms with E-state index in [-0.39, 0.29) is 6.23 Å². The molecule has 2 aromatic rings. The second kappa shape index (κ2) is 5.65. The molecule has 2 unspecified atom stereocenters. The van der Waals surface area contributed by atoms with Gasteiger partial charge in [-0.1, -0.05) is 18.2 Å². The summed E-state index contributed by atoms with van der Waals surface area (Å²) in [5.41, 5.74) is 7.45. The Morgan fingerprint density at radius 3 is 3.08 bits per heavy atom. The topological polar surface area (TPSA) is 43.9 Å². The van der Waals surface area contributed by atoms with E-state index >= 15 is 0 Å². The minimum Gasteiger partial charge on any atom is -0.357 e. The molecule has 5 rings (SSSR count). The molecule has 3 aliphatic heterocycles. The van der Waals surface area contributed by atoms with Crippen molar-refractivity contribution in [3.63, 3.8) is 0 Å². The SMILES string of the molecule is Cc1ccc2c(c1)N1CN(Cl)NC1(c1ccccn1)CN1CCOC21. The van der Waals surface area contributed by atoms with E-state index in [1.807, 2.05) is 18.3 Å². The molecule has 2 fully saturated rings. The summed E-state index contributed by atoms with van der Waals surface area (Å²) in [7, 11) is 0. The minimum absolute atomic E-state index is 0.0210. The number of aryl methyl sites for hydroxylation is 1. The molecule has 4 heterocycles. The summed E-state index contributed by atoms with van der Waals surface area (Å²) in [6.45, 7) is 5.05. The molecule has 7 heteroatoms. The Labute approximate surface area is 152 Å². The van der Waals surface area contributed by atoms with Crippen LogP contribution >= 0.6 is 11.8 Å². The molecular formula is C18H20ClN5O. The van der Waals surface area contributed by atoms with Crippen LogP contribution in [-0.4, -0.2) is 40.8 Å². The zero-order chi connectivity index (χ0) is 17.0. The van der Waals surface area contributed by atoms with E-state index in [1.165, 1.54) is 11.1 Å². The highest BCUT2D eigenvalue weighted by Crippen LogP contribution is 2.46. The molecule has 0 saturated carbocycles. The van der Waals surface area contributed by atoms with Crippen LogP contribution in [0.25, 0.3) is 0 Å². The van der Waals surface area contributed by atoms with Gasteiger partial charge in [0.1, 0.15) is 12.9 Å². The molecule has 3 aliphatic rings. The van der Waals surface area contributed by atoms with E-state index in [1.54, 1.807) is 4.53 Å². The van der Waals surface area contributed by atoms with Crippen LogP contribution in [0.4, 0.5) is 5.69 Å². The first-order valence-corrected chi connectivity index (χ1v) is 8.88. The highest BCUT2D eigenvalue weighted by atomic mass is 35.5. The van der Waals surface area contributed by atoms with Crippen molar-refractivity contribution < 1.29 is 4.74 Å².